The highest BCUT2D eigenvalue weighted by molar-refractivity contribution is 6.33. The third-order valence-corrected chi connectivity index (χ3v) is 4.95. The SMILES string of the molecule is CCOc1cc(/C=C2/C(=N)N3OC(C)=CC3=NC2=O)cc(Cl)c1OCCOc1ccccc1. The van der Waals surface area contributed by atoms with Crippen LogP contribution in [0.1, 0.15) is 19.4 Å². The molecule has 4 rings (SSSR count). The van der Waals surface area contributed by atoms with Crippen molar-refractivity contribution in [3.63, 3.8) is 0 Å². The van der Waals surface area contributed by atoms with Crippen LogP contribution in [0.15, 0.2) is 64.9 Å². The maximum absolute atomic E-state index is 12.5. The van der Waals surface area contributed by atoms with Gasteiger partial charge in [-0.15, -0.1) is 5.06 Å². The molecule has 0 unspecified atom stereocenters. The minimum Gasteiger partial charge on any atom is -0.490 e. The molecule has 8 nitrogen and oxygen atoms in total. The Balaban J connectivity index is 1.52. The number of ether oxygens (including phenoxy) is 3. The number of nitrogens with one attached hydrogen (secondary N) is 1. The number of benzene rings is 2. The first-order chi connectivity index (χ1) is 16.0. The minimum absolute atomic E-state index is 0.0743. The number of para-hydroxylation sites is 1. The second-order valence-corrected chi connectivity index (χ2v) is 7.50. The summed E-state index contributed by atoms with van der Waals surface area (Å²) in [7, 11) is 0. The number of aliphatic imine (C=N–C) groups is 1. The zero-order valence-corrected chi connectivity index (χ0v) is 18.9. The van der Waals surface area contributed by atoms with Crippen molar-refractivity contribution in [1.29, 1.82) is 5.41 Å². The van der Waals surface area contributed by atoms with Crippen LogP contribution < -0.4 is 14.2 Å². The van der Waals surface area contributed by atoms with E-state index in [4.69, 9.17) is 36.1 Å². The van der Waals surface area contributed by atoms with Crippen LogP contribution in [-0.2, 0) is 9.63 Å². The van der Waals surface area contributed by atoms with Gasteiger partial charge in [-0.1, -0.05) is 29.8 Å². The largest absolute Gasteiger partial charge is 0.490 e. The van der Waals surface area contributed by atoms with Gasteiger partial charge in [0, 0.05) is 6.08 Å². The summed E-state index contributed by atoms with van der Waals surface area (Å²) in [5.74, 6) is 1.74. The van der Waals surface area contributed by atoms with Crippen molar-refractivity contribution in [2.45, 2.75) is 13.8 Å². The van der Waals surface area contributed by atoms with Crippen molar-refractivity contribution in [1.82, 2.24) is 5.06 Å². The molecule has 0 saturated carbocycles. The molecule has 1 N–H and O–H groups in total. The van der Waals surface area contributed by atoms with Gasteiger partial charge in [-0.3, -0.25) is 10.2 Å². The Morgan fingerprint density at radius 2 is 1.91 bits per heavy atom. The molecule has 2 aromatic carbocycles. The van der Waals surface area contributed by atoms with Crippen LogP contribution in [0.3, 0.4) is 0 Å². The smallest absolute Gasteiger partial charge is 0.282 e. The summed E-state index contributed by atoms with van der Waals surface area (Å²) in [6.07, 6.45) is 3.12. The first kappa shape index (κ1) is 22.4. The minimum atomic E-state index is -0.534. The first-order valence-electron chi connectivity index (χ1n) is 10.3. The van der Waals surface area contributed by atoms with Gasteiger partial charge < -0.3 is 19.0 Å². The van der Waals surface area contributed by atoms with Crippen LogP contribution in [0.2, 0.25) is 5.02 Å². The van der Waals surface area contributed by atoms with Crippen LogP contribution >= 0.6 is 11.6 Å². The van der Waals surface area contributed by atoms with E-state index < -0.39 is 5.91 Å². The van der Waals surface area contributed by atoms with Crippen LogP contribution in [0.4, 0.5) is 0 Å². The standard InChI is InChI=1S/C24H22ClN3O5/c1-3-30-20-14-16(12-18-23(26)28-21(27-24(18)29)11-15(2)33-28)13-19(25)22(20)32-10-9-31-17-7-5-4-6-8-17/h4-8,11-14,26H,3,9-10H2,1-2H3/b18-12-,26-23?. The Bertz CT molecular complexity index is 1170. The number of fused-ring (bicyclic) bond motifs is 1. The molecule has 170 valence electrons. The van der Waals surface area contributed by atoms with E-state index >= 15 is 0 Å². The fraction of sp³-hybridized carbons (Fsp3) is 0.208. The molecule has 0 bridgehead atoms. The fourth-order valence-electron chi connectivity index (χ4n) is 3.26. The maximum Gasteiger partial charge on any atom is 0.282 e. The molecule has 2 aromatic rings. The molecule has 1 amide bonds. The topological polar surface area (TPSA) is 93.4 Å². The predicted octanol–water partition coefficient (Wildman–Crippen LogP) is 4.65. The van der Waals surface area contributed by atoms with Crippen LogP contribution in [0.25, 0.3) is 6.08 Å². The summed E-state index contributed by atoms with van der Waals surface area (Å²) in [5.41, 5.74) is 0.636. The number of halogens is 1. The summed E-state index contributed by atoms with van der Waals surface area (Å²) in [6, 6.07) is 12.8. The maximum atomic E-state index is 12.5. The number of hydrogen-bond acceptors (Lipinski definition) is 6. The van der Waals surface area contributed by atoms with Crippen molar-refractivity contribution in [3.8, 4) is 17.2 Å². The summed E-state index contributed by atoms with van der Waals surface area (Å²) < 4.78 is 17.2. The predicted molar refractivity (Wildman–Crippen MR) is 125 cm³/mol. The van der Waals surface area contributed by atoms with Crippen molar-refractivity contribution in [2.75, 3.05) is 19.8 Å². The first-order valence-corrected chi connectivity index (χ1v) is 10.7. The lowest BCUT2D eigenvalue weighted by molar-refractivity contribution is -0.114. The Morgan fingerprint density at radius 1 is 1.15 bits per heavy atom. The van der Waals surface area contributed by atoms with Gasteiger partial charge in [0.05, 0.1) is 17.2 Å². The number of carbonyl (C=O) groups excluding carboxylic acids is 1. The van der Waals surface area contributed by atoms with E-state index in [2.05, 4.69) is 4.99 Å². The third-order valence-electron chi connectivity index (χ3n) is 4.66. The number of hydrogen-bond donors (Lipinski definition) is 1. The molecule has 0 atom stereocenters. The highest BCUT2D eigenvalue weighted by Crippen LogP contribution is 2.37. The number of carbonyl (C=O) groups is 1. The summed E-state index contributed by atoms with van der Waals surface area (Å²) in [5, 5.41) is 9.86. The second kappa shape index (κ2) is 9.79. The van der Waals surface area contributed by atoms with Gasteiger partial charge in [0.2, 0.25) is 0 Å². The number of allylic oxidation sites excluding steroid dienone is 1. The molecular weight excluding hydrogens is 446 g/mol. The third kappa shape index (κ3) is 5.01. The lowest BCUT2D eigenvalue weighted by atomic mass is 10.1. The zero-order valence-electron chi connectivity index (χ0n) is 18.1. The van der Waals surface area contributed by atoms with Gasteiger partial charge in [0.15, 0.2) is 23.2 Å². The average Bonchev–Trinajstić information content (AvgIpc) is 3.16. The molecule has 2 aliphatic heterocycles. The van der Waals surface area contributed by atoms with Crippen molar-refractivity contribution in [3.05, 3.63) is 70.5 Å². The summed E-state index contributed by atoms with van der Waals surface area (Å²) >= 11 is 6.48. The molecule has 0 radical (unpaired) electrons. The molecule has 9 heteroatoms. The van der Waals surface area contributed by atoms with Gasteiger partial charge in [-0.2, -0.15) is 4.99 Å². The van der Waals surface area contributed by atoms with E-state index in [1.54, 1.807) is 25.1 Å². The second-order valence-electron chi connectivity index (χ2n) is 7.10. The van der Waals surface area contributed by atoms with Crippen molar-refractivity contribution in [2.24, 2.45) is 4.99 Å². The Kier molecular flexibility index (Phi) is 6.65. The van der Waals surface area contributed by atoms with E-state index in [0.717, 1.165) is 5.75 Å². The Hall–Kier alpha value is -3.78. The highest BCUT2D eigenvalue weighted by Gasteiger charge is 2.34. The molecule has 0 aliphatic carbocycles. The zero-order chi connectivity index (χ0) is 23.4. The van der Waals surface area contributed by atoms with E-state index in [-0.39, 0.29) is 23.9 Å². The van der Waals surface area contributed by atoms with Gasteiger partial charge in [-0.05, 0) is 49.8 Å². The molecule has 2 heterocycles. The van der Waals surface area contributed by atoms with Crippen LogP contribution in [0.5, 0.6) is 17.2 Å². The van der Waals surface area contributed by atoms with Gasteiger partial charge >= 0.3 is 0 Å². The number of rotatable bonds is 8. The lowest BCUT2D eigenvalue weighted by Gasteiger charge is -2.23. The number of amides is 1. The molecule has 33 heavy (non-hydrogen) atoms. The van der Waals surface area contributed by atoms with E-state index in [0.29, 0.717) is 41.1 Å². The van der Waals surface area contributed by atoms with Gasteiger partial charge in [0.1, 0.15) is 24.7 Å². The quantitative estimate of drug-likeness (QED) is 0.448. The summed E-state index contributed by atoms with van der Waals surface area (Å²) in [6.45, 7) is 4.54. The molecule has 2 aliphatic rings. The monoisotopic (exact) mass is 467 g/mol. The van der Waals surface area contributed by atoms with Gasteiger partial charge in [-0.25, -0.2) is 0 Å². The van der Waals surface area contributed by atoms with E-state index in [9.17, 15) is 4.79 Å². The van der Waals surface area contributed by atoms with E-state index in [1.807, 2.05) is 37.3 Å². The molecule has 0 aromatic heterocycles. The number of nitrogens with zero attached hydrogens (tertiary/aromatic N) is 2. The average molecular weight is 468 g/mol. The lowest BCUT2D eigenvalue weighted by Crippen LogP contribution is -2.38. The fourth-order valence-corrected chi connectivity index (χ4v) is 3.54. The normalized spacial score (nSPS) is 16.2. The van der Waals surface area contributed by atoms with Crippen molar-refractivity contribution >= 4 is 35.3 Å². The highest BCUT2D eigenvalue weighted by atomic mass is 35.5. The van der Waals surface area contributed by atoms with Crippen molar-refractivity contribution < 1.29 is 23.8 Å². The Labute approximate surface area is 196 Å². The molecular formula is C24H22ClN3O5. The molecule has 0 saturated heterocycles. The number of amidine groups is 2. The van der Waals surface area contributed by atoms with Gasteiger partial charge in [0.25, 0.3) is 5.91 Å². The summed E-state index contributed by atoms with van der Waals surface area (Å²) in [4.78, 5) is 21.9. The van der Waals surface area contributed by atoms with Crippen LogP contribution in [-0.4, -0.2) is 42.5 Å². The van der Waals surface area contributed by atoms with Crippen LogP contribution in [0, 0.1) is 5.41 Å². The van der Waals surface area contributed by atoms with E-state index in [1.165, 1.54) is 11.1 Å². The number of hydroxylamine groups is 2. The molecule has 0 spiro atoms. The molecule has 0 fully saturated rings. The Morgan fingerprint density at radius 3 is 2.67 bits per heavy atom.